The Bertz CT molecular complexity index is 652. The van der Waals surface area contributed by atoms with Gasteiger partial charge >= 0.3 is 0 Å². The van der Waals surface area contributed by atoms with Crippen LogP contribution in [-0.4, -0.2) is 14.1 Å². The van der Waals surface area contributed by atoms with Crippen LogP contribution < -0.4 is 4.90 Å². The quantitative estimate of drug-likeness (QED) is 0.610. The second kappa shape index (κ2) is 3.27. The van der Waals surface area contributed by atoms with Crippen LogP contribution in [0.25, 0.3) is 21.9 Å². The van der Waals surface area contributed by atoms with Crippen molar-refractivity contribution in [2.24, 2.45) is 0 Å². The number of rotatable bonds is 1. The van der Waals surface area contributed by atoms with Crippen LogP contribution in [0, 0.1) is 0 Å². The molecule has 16 heavy (non-hydrogen) atoms. The van der Waals surface area contributed by atoms with Gasteiger partial charge in [0, 0.05) is 30.6 Å². The lowest BCUT2D eigenvalue weighted by Gasteiger charge is -2.11. The fourth-order valence-electron chi connectivity index (χ4n) is 1.99. The summed E-state index contributed by atoms with van der Waals surface area (Å²) in [5, 5.41) is 2.36. The summed E-state index contributed by atoms with van der Waals surface area (Å²) in [6.07, 6.45) is 0. The summed E-state index contributed by atoms with van der Waals surface area (Å²) in [7, 11) is 4.09. The normalized spacial score (nSPS) is 11.1. The highest BCUT2D eigenvalue weighted by Gasteiger charge is 2.06. The monoisotopic (exact) mass is 211 g/mol. The molecule has 0 atom stereocenters. The average molecular weight is 211 g/mol. The van der Waals surface area contributed by atoms with E-state index in [-0.39, 0.29) is 0 Å². The number of benzene rings is 2. The molecule has 0 spiro atoms. The molecule has 0 unspecified atom stereocenters. The van der Waals surface area contributed by atoms with Crippen LogP contribution in [-0.2, 0) is 0 Å². The zero-order valence-electron chi connectivity index (χ0n) is 9.40. The predicted octanol–water partition coefficient (Wildman–Crippen LogP) is 3.65. The fourth-order valence-corrected chi connectivity index (χ4v) is 1.99. The Hall–Kier alpha value is -1.96. The Balaban J connectivity index is 2.40. The Morgan fingerprint density at radius 3 is 2.44 bits per heavy atom. The Kier molecular flexibility index (Phi) is 1.90. The first-order valence-corrected chi connectivity index (χ1v) is 5.34. The molecular weight excluding hydrogens is 198 g/mol. The zero-order chi connectivity index (χ0) is 11.1. The van der Waals surface area contributed by atoms with E-state index in [2.05, 4.69) is 23.1 Å². The first kappa shape index (κ1) is 9.28. The first-order valence-electron chi connectivity index (χ1n) is 5.34. The summed E-state index contributed by atoms with van der Waals surface area (Å²) in [6.45, 7) is 0. The fraction of sp³-hybridized carbons (Fsp3) is 0.143. The topological polar surface area (TPSA) is 16.4 Å². The smallest absolute Gasteiger partial charge is 0.135 e. The largest absolute Gasteiger partial charge is 0.456 e. The summed E-state index contributed by atoms with van der Waals surface area (Å²) >= 11 is 0. The molecule has 2 heteroatoms. The predicted molar refractivity (Wildman–Crippen MR) is 68.0 cm³/mol. The molecule has 0 saturated heterocycles. The molecule has 0 saturated carbocycles. The van der Waals surface area contributed by atoms with Crippen LogP contribution >= 0.6 is 0 Å². The molecule has 80 valence electrons. The molecule has 3 rings (SSSR count). The minimum Gasteiger partial charge on any atom is -0.456 e. The van der Waals surface area contributed by atoms with E-state index >= 15 is 0 Å². The summed E-state index contributed by atoms with van der Waals surface area (Å²) in [5.74, 6) is 0. The summed E-state index contributed by atoms with van der Waals surface area (Å²) in [4.78, 5) is 2.10. The highest BCUT2D eigenvalue weighted by molar-refractivity contribution is 6.05. The maximum atomic E-state index is 5.77. The second-order valence-corrected chi connectivity index (χ2v) is 4.17. The molecule has 2 nitrogen and oxygen atoms in total. The summed E-state index contributed by atoms with van der Waals surface area (Å²) in [6, 6.07) is 14.4. The van der Waals surface area contributed by atoms with E-state index in [1.54, 1.807) is 0 Å². The van der Waals surface area contributed by atoms with Gasteiger partial charge in [-0.3, -0.25) is 0 Å². The zero-order valence-corrected chi connectivity index (χ0v) is 9.40. The maximum absolute atomic E-state index is 5.77. The number of para-hydroxylation sites is 1. The Morgan fingerprint density at radius 1 is 0.875 bits per heavy atom. The SMILES string of the molecule is CN(C)c1ccc2oc3ccccc3c2c1. The number of furan rings is 1. The van der Waals surface area contributed by atoms with E-state index < -0.39 is 0 Å². The van der Waals surface area contributed by atoms with Crippen LogP contribution in [0.3, 0.4) is 0 Å². The van der Waals surface area contributed by atoms with E-state index in [0.717, 1.165) is 11.2 Å². The Morgan fingerprint density at radius 2 is 1.62 bits per heavy atom. The number of fused-ring (bicyclic) bond motifs is 3. The second-order valence-electron chi connectivity index (χ2n) is 4.17. The van der Waals surface area contributed by atoms with Gasteiger partial charge in [-0.15, -0.1) is 0 Å². The third-order valence-electron chi connectivity index (χ3n) is 2.88. The van der Waals surface area contributed by atoms with E-state index in [9.17, 15) is 0 Å². The molecule has 0 N–H and O–H groups in total. The van der Waals surface area contributed by atoms with E-state index in [4.69, 9.17) is 4.42 Å². The van der Waals surface area contributed by atoms with Crippen molar-refractivity contribution in [3.8, 4) is 0 Å². The van der Waals surface area contributed by atoms with Gasteiger partial charge in [0.2, 0.25) is 0 Å². The number of hydrogen-bond acceptors (Lipinski definition) is 2. The van der Waals surface area contributed by atoms with E-state index in [1.165, 1.54) is 16.5 Å². The van der Waals surface area contributed by atoms with Gasteiger partial charge in [-0.2, -0.15) is 0 Å². The van der Waals surface area contributed by atoms with Gasteiger partial charge in [0.25, 0.3) is 0 Å². The lowest BCUT2D eigenvalue weighted by Crippen LogP contribution is -2.07. The first-order chi connectivity index (χ1) is 7.75. The molecule has 1 aromatic heterocycles. The number of hydrogen-bond donors (Lipinski definition) is 0. The van der Waals surface area contributed by atoms with E-state index in [0.29, 0.717) is 0 Å². The van der Waals surface area contributed by atoms with Crippen molar-refractivity contribution in [2.45, 2.75) is 0 Å². The molecule has 0 aliphatic rings. The van der Waals surface area contributed by atoms with Gasteiger partial charge in [0.15, 0.2) is 0 Å². The molecule has 0 radical (unpaired) electrons. The third-order valence-corrected chi connectivity index (χ3v) is 2.88. The van der Waals surface area contributed by atoms with Crippen molar-refractivity contribution in [3.63, 3.8) is 0 Å². The van der Waals surface area contributed by atoms with Crippen LogP contribution in [0.4, 0.5) is 5.69 Å². The maximum Gasteiger partial charge on any atom is 0.135 e. The van der Waals surface area contributed by atoms with Crippen molar-refractivity contribution in [3.05, 3.63) is 42.5 Å². The minimum atomic E-state index is 0.951. The van der Waals surface area contributed by atoms with Crippen LogP contribution in [0.15, 0.2) is 46.9 Å². The molecule has 0 amide bonds. The molecule has 0 bridgehead atoms. The average Bonchev–Trinajstić information content (AvgIpc) is 2.66. The van der Waals surface area contributed by atoms with Gasteiger partial charge in [-0.25, -0.2) is 0 Å². The van der Waals surface area contributed by atoms with Gasteiger partial charge in [0.05, 0.1) is 0 Å². The highest BCUT2D eigenvalue weighted by atomic mass is 16.3. The van der Waals surface area contributed by atoms with Crippen molar-refractivity contribution >= 4 is 27.6 Å². The Labute approximate surface area is 94.1 Å². The molecule has 1 heterocycles. The van der Waals surface area contributed by atoms with E-state index in [1.807, 2.05) is 38.4 Å². The summed E-state index contributed by atoms with van der Waals surface area (Å²) in [5.41, 5.74) is 3.10. The molecule has 0 fully saturated rings. The van der Waals surface area contributed by atoms with Gasteiger partial charge < -0.3 is 9.32 Å². The van der Waals surface area contributed by atoms with Gasteiger partial charge in [-0.1, -0.05) is 18.2 Å². The molecular formula is C14H13NO. The highest BCUT2D eigenvalue weighted by Crippen LogP contribution is 2.30. The number of anilines is 1. The van der Waals surface area contributed by atoms with Crippen LogP contribution in [0.5, 0.6) is 0 Å². The van der Waals surface area contributed by atoms with Crippen molar-refractivity contribution in [2.75, 3.05) is 19.0 Å². The van der Waals surface area contributed by atoms with Crippen molar-refractivity contribution < 1.29 is 4.42 Å². The van der Waals surface area contributed by atoms with Crippen LogP contribution in [0.2, 0.25) is 0 Å². The molecule has 0 aliphatic carbocycles. The number of nitrogens with zero attached hydrogens (tertiary/aromatic N) is 1. The van der Waals surface area contributed by atoms with Gasteiger partial charge in [0.1, 0.15) is 11.2 Å². The molecule has 0 aliphatic heterocycles. The van der Waals surface area contributed by atoms with Crippen molar-refractivity contribution in [1.82, 2.24) is 0 Å². The summed E-state index contributed by atoms with van der Waals surface area (Å²) < 4.78 is 5.77. The standard InChI is InChI=1S/C14H13NO/c1-15(2)10-7-8-14-12(9-10)11-5-3-4-6-13(11)16-14/h3-9H,1-2H3. The van der Waals surface area contributed by atoms with Gasteiger partial charge in [-0.05, 0) is 24.3 Å². The minimum absolute atomic E-state index is 0.951. The van der Waals surface area contributed by atoms with Crippen LogP contribution in [0.1, 0.15) is 0 Å². The third kappa shape index (κ3) is 1.27. The lowest BCUT2D eigenvalue weighted by molar-refractivity contribution is 0.669. The molecule has 2 aromatic carbocycles. The van der Waals surface area contributed by atoms with Crippen molar-refractivity contribution in [1.29, 1.82) is 0 Å². The lowest BCUT2D eigenvalue weighted by atomic mass is 10.1. The molecule has 3 aromatic rings.